The van der Waals surface area contributed by atoms with Crippen LogP contribution in [0.4, 0.5) is 13.2 Å². The Labute approximate surface area is 159 Å². The summed E-state index contributed by atoms with van der Waals surface area (Å²) in [5.41, 5.74) is -2.59. The summed E-state index contributed by atoms with van der Waals surface area (Å²) in [6.07, 6.45) is -2.47. The van der Waals surface area contributed by atoms with Crippen LogP contribution in [0.15, 0.2) is 17.8 Å². The molecule has 0 amide bonds. The number of Topliss-reactive ketones (excluding diaryl/α,β-unsaturated/α-hetero) is 2. The van der Waals surface area contributed by atoms with Crippen LogP contribution in [0.25, 0.3) is 5.76 Å². The van der Waals surface area contributed by atoms with E-state index in [0.29, 0.717) is 25.3 Å². The van der Waals surface area contributed by atoms with Gasteiger partial charge in [-0.3, -0.25) is 14.6 Å². The van der Waals surface area contributed by atoms with E-state index in [1.165, 1.54) is 7.11 Å². The van der Waals surface area contributed by atoms with Gasteiger partial charge in [-0.25, -0.2) is 0 Å². The average molecular weight is 399 g/mol. The molecule has 2 atom stereocenters. The number of pyridine rings is 1. The van der Waals surface area contributed by atoms with E-state index in [4.69, 9.17) is 9.47 Å². The Morgan fingerprint density at radius 2 is 1.86 bits per heavy atom. The van der Waals surface area contributed by atoms with Crippen molar-refractivity contribution in [2.24, 2.45) is 11.8 Å². The van der Waals surface area contributed by atoms with Crippen molar-refractivity contribution in [3.63, 3.8) is 0 Å². The summed E-state index contributed by atoms with van der Waals surface area (Å²) >= 11 is 0. The van der Waals surface area contributed by atoms with Crippen LogP contribution in [0, 0.1) is 11.8 Å². The highest BCUT2D eigenvalue weighted by Gasteiger charge is 2.46. The van der Waals surface area contributed by atoms with Crippen molar-refractivity contribution in [1.29, 1.82) is 0 Å². The van der Waals surface area contributed by atoms with Crippen LogP contribution in [0.2, 0.25) is 0 Å². The van der Waals surface area contributed by atoms with Gasteiger partial charge in [0.1, 0.15) is 11.3 Å². The smallest absolute Gasteiger partial charge is 0.417 e. The van der Waals surface area contributed by atoms with Gasteiger partial charge in [0.05, 0.1) is 36.6 Å². The molecular formula is C19H20F3NO5. The predicted octanol–water partition coefficient (Wildman–Crippen LogP) is 3.10. The Bertz CT molecular complexity index is 794. The van der Waals surface area contributed by atoms with Crippen molar-refractivity contribution >= 4 is 17.3 Å². The van der Waals surface area contributed by atoms with Gasteiger partial charge >= 0.3 is 6.18 Å². The van der Waals surface area contributed by atoms with Crippen molar-refractivity contribution in [2.45, 2.75) is 32.0 Å². The van der Waals surface area contributed by atoms with Crippen molar-refractivity contribution in [3.8, 4) is 0 Å². The van der Waals surface area contributed by atoms with Gasteiger partial charge in [-0.15, -0.1) is 0 Å². The lowest BCUT2D eigenvalue weighted by Gasteiger charge is -2.22. The van der Waals surface area contributed by atoms with Crippen LogP contribution in [0.1, 0.15) is 36.1 Å². The number of aliphatic hydroxyl groups excluding tert-OH is 1. The maximum Gasteiger partial charge on any atom is 0.417 e. The predicted molar refractivity (Wildman–Crippen MR) is 91.2 cm³/mol. The number of hydrogen-bond donors (Lipinski definition) is 1. The number of ketones is 2. The summed E-state index contributed by atoms with van der Waals surface area (Å²) in [7, 11) is 1.45. The first-order valence-electron chi connectivity index (χ1n) is 8.89. The highest BCUT2D eigenvalue weighted by atomic mass is 19.4. The van der Waals surface area contributed by atoms with E-state index in [0.717, 1.165) is 6.20 Å². The molecule has 2 aliphatic carbocycles. The number of carbonyl (C=O) groups is 2. The Morgan fingerprint density at radius 1 is 1.21 bits per heavy atom. The molecule has 1 aromatic rings. The Kier molecular flexibility index (Phi) is 5.85. The van der Waals surface area contributed by atoms with Crippen LogP contribution < -0.4 is 0 Å². The van der Waals surface area contributed by atoms with E-state index in [-0.39, 0.29) is 25.5 Å². The molecule has 2 aliphatic rings. The van der Waals surface area contributed by atoms with Crippen LogP contribution >= 0.6 is 0 Å². The van der Waals surface area contributed by atoms with Gasteiger partial charge in [0.15, 0.2) is 11.6 Å². The molecule has 6 nitrogen and oxygen atoms in total. The lowest BCUT2D eigenvalue weighted by Crippen LogP contribution is -2.30. The Hall–Kier alpha value is -2.26. The zero-order valence-electron chi connectivity index (χ0n) is 15.2. The molecule has 2 bridgehead atoms. The van der Waals surface area contributed by atoms with Gasteiger partial charge in [0.25, 0.3) is 0 Å². The van der Waals surface area contributed by atoms with Crippen molar-refractivity contribution in [3.05, 3.63) is 34.7 Å². The number of methoxy groups -OCH3 is 1. The fourth-order valence-corrected chi connectivity index (χ4v) is 3.77. The van der Waals surface area contributed by atoms with Gasteiger partial charge in [0, 0.05) is 25.1 Å². The van der Waals surface area contributed by atoms with Crippen molar-refractivity contribution in [1.82, 2.24) is 4.98 Å². The highest BCUT2D eigenvalue weighted by Crippen LogP contribution is 2.43. The summed E-state index contributed by atoms with van der Waals surface area (Å²) in [4.78, 5) is 29.1. The number of carbonyl (C=O) groups excluding carboxylic acids is 2. The SMILES string of the molecule is COCCOCc1nccc(C(F)(F)F)c1C(O)=C1C(=O)C2CCC(C2)C1=O. The number of hydrogen-bond acceptors (Lipinski definition) is 6. The number of aromatic nitrogens is 1. The molecule has 2 fully saturated rings. The fourth-order valence-electron chi connectivity index (χ4n) is 3.77. The van der Waals surface area contributed by atoms with Crippen LogP contribution in [-0.2, 0) is 31.8 Å². The fraction of sp³-hybridized carbons (Fsp3) is 0.526. The minimum Gasteiger partial charge on any atom is -0.506 e. The Morgan fingerprint density at radius 3 is 2.43 bits per heavy atom. The quantitative estimate of drug-likeness (QED) is 0.342. The summed E-state index contributed by atoms with van der Waals surface area (Å²) in [5, 5.41) is 10.7. The van der Waals surface area contributed by atoms with Gasteiger partial charge in [-0.1, -0.05) is 0 Å². The number of ether oxygens (including phenoxy) is 2. The molecule has 152 valence electrons. The molecule has 2 unspecified atom stereocenters. The summed E-state index contributed by atoms with van der Waals surface area (Å²) < 4.78 is 50.8. The third-order valence-electron chi connectivity index (χ3n) is 5.15. The first kappa shape index (κ1) is 20.5. The zero-order valence-corrected chi connectivity index (χ0v) is 15.2. The highest BCUT2D eigenvalue weighted by molar-refractivity contribution is 6.27. The number of aliphatic hydroxyl groups is 1. The van der Waals surface area contributed by atoms with E-state index in [1.807, 2.05) is 0 Å². The third kappa shape index (κ3) is 3.81. The van der Waals surface area contributed by atoms with Crippen LogP contribution in [0.5, 0.6) is 0 Å². The molecule has 0 saturated heterocycles. The van der Waals surface area contributed by atoms with Gasteiger partial charge in [0.2, 0.25) is 0 Å². The first-order chi connectivity index (χ1) is 13.3. The van der Waals surface area contributed by atoms with Gasteiger partial charge in [-0.2, -0.15) is 13.2 Å². The largest absolute Gasteiger partial charge is 0.506 e. The molecule has 0 spiro atoms. The summed E-state index contributed by atoms with van der Waals surface area (Å²) in [5.74, 6) is -3.03. The number of allylic oxidation sites excluding steroid dienone is 1. The minimum absolute atomic E-state index is 0.104. The minimum atomic E-state index is -4.81. The molecule has 1 heterocycles. The second-order valence-corrected chi connectivity index (χ2v) is 6.88. The van der Waals surface area contributed by atoms with E-state index in [1.54, 1.807) is 0 Å². The normalized spacial score (nSPS) is 22.1. The maximum atomic E-state index is 13.6. The second-order valence-electron chi connectivity index (χ2n) is 6.88. The van der Waals surface area contributed by atoms with Crippen LogP contribution in [-0.4, -0.2) is 42.0 Å². The molecule has 0 aromatic carbocycles. The molecule has 2 saturated carbocycles. The molecule has 9 heteroatoms. The third-order valence-corrected chi connectivity index (χ3v) is 5.15. The van der Waals surface area contributed by atoms with E-state index in [9.17, 15) is 27.9 Å². The number of alkyl halides is 3. The topological polar surface area (TPSA) is 85.7 Å². The van der Waals surface area contributed by atoms with E-state index in [2.05, 4.69) is 4.98 Å². The monoisotopic (exact) mass is 399 g/mol. The first-order valence-corrected chi connectivity index (χ1v) is 8.89. The second kappa shape index (κ2) is 8.00. The number of nitrogens with zero attached hydrogens (tertiary/aromatic N) is 1. The van der Waals surface area contributed by atoms with Crippen molar-refractivity contribution in [2.75, 3.05) is 20.3 Å². The zero-order chi connectivity index (χ0) is 20.5. The van der Waals surface area contributed by atoms with Crippen molar-refractivity contribution < 1.29 is 37.3 Å². The molecule has 1 N–H and O–H groups in total. The molecule has 28 heavy (non-hydrogen) atoms. The standard InChI is InChI=1S/C19H20F3NO5/c1-27-6-7-28-9-13-14(12(4-5-23-13)19(20,21)22)18(26)15-16(24)10-2-3-11(8-10)17(15)25/h4-5,10-11,26H,2-3,6-9H2,1H3. The summed E-state index contributed by atoms with van der Waals surface area (Å²) in [6, 6.07) is 0.706. The number of halogens is 3. The lowest BCUT2D eigenvalue weighted by atomic mass is 9.81. The average Bonchev–Trinajstić information content (AvgIpc) is 3.10. The molecule has 0 radical (unpaired) electrons. The van der Waals surface area contributed by atoms with Gasteiger partial charge < -0.3 is 14.6 Å². The van der Waals surface area contributed by atoms with Crippen LogP contribution in [0.3, 0.4) is 0 Å². The molecule has 1 aromatic heterocycles. The number of fused-ring (bicyclic) bond motifs is 2. The molecule has 0 aliphatic heterocycles. The van der Waals surface area contributed by atoms with Gasteiger partial charge in [-0.05, 0) is 25.3 Å². The molecule has 3 rings (SSSR count). The van der Waals surface area contributed by atoms with E-state index >= 15 is 0 Å². The molecular weight excluding hydrogens is 379 g/mol. The summed E-state index contributed by atoms with van der Waals surface area (Å²) in [6.45, 7) is -0.00982. The maximum absolute atomic E-state index is 13.6. The van der Waals surface area contributed by atoms with E-state index < -0.39 is 52.0 Å². The Balaban J connectivity index is 2.10. The lowest BCUT2D eigenvalue weighted by molar-refractivity contribution is -0.138. The number of rotatable bonds is 6.